The summed E-state index contributed by atoms with van der Waals surface area (Å²) in [5.74, 6) is 0.0886. The highest BCUT2D eigenvalue weighted by Gasteiger charge is 2.33. The molecule has 1 aliphatic rings. The lowest BCUT2D eigenvalue weighted by Gasteiger charge is -2.21. The number of esters is 1. The Morgan fingerprint density at radius 2 is 1.95 bits per heavy atom. The van der Waals surface area contributed by atoms with Crippen molar-refractivity contribution in [3.05, 3.63) is 30.3 Å². The summed E-state index contributed by atoms with van der Waals surface area (Å²) in [7, 11) is 0. The average molecular weight is 291 g/mol. The quantitative estimate of drug-likeness (QED) is 0.775. The van der Waals surface area contributed by atoms with E-state index in [-0.39, 0.29) is 12.0 Å². The van der Waals surface area contributed by atoms with E-state index in [0.717, 1.165) is 16.4 Å². The minimum atomic E-state index is -0.453. The number of ether oxygens (including phenoxy) is 1. The molecule has 0 unspecified atom stereocenters. The monoisotopic (exact) mass is 291 g/mol. The molecule has 0 saturated heterocycles. The molecule has 1 aliphatic heterocycles. The maximum absolute atomic E-state index is 12.1. The van der Waals surface area contributed by atoms with Crippen LogP contribution in [0.1, 0.15) is 34.1 Å². The van der Waals surface area contributed by atoms with Crippen molar-refractivity contribution < 1.29 is 9.53 Å². The van der Waals surface area contributed by atoms with Gasteiger partial charge in [0.1, 0.15) is 11.6 Å². The van der Waals surface area contributed by atoms with E-state index in [9.17, 15) is 4.79 Å². The van der Waals surface area contributed by atoms with Crippen molar-refractivity contribution in [2.45, 2.75) is 50.7 Å². The van der Waals surface area contributed by atoms with E-state index in [1.54, 1.807) is 11.8 Å². The number of hydrogen-bond donors (Lipinski definition) is 0. The van der Waals surface area contributed by atoms with E-state index in [2.05, 4.69) is 24.0 Å². The van der Waals surface area contributed by atoms with Gasteiger partial charge in [-0.3, -0.25) is 4.99 Å². The molecule has 0 bridgehead atoms. The van der Waals surface area contributed by atoms with Crippen LogP contribution in [0.5, 0.6) is 0 Å². The summed E-state index contributed by atoms with van der Waals surface area (Å²) < 4.78 is 5.41. The Balaban J connectivity index is 2.04. The van der Waals surface area contributed by atoms with Crippen molar-refractivity contribution in [2.24, 2.45) is 10.9 Å². The van der Waals surface area contributed by atoms with Crippen molar-refractivity contribution in [3.63, 3.8) is 0 Å². The van der Waals surface area contributed by atoms with Crippen molar-refractivity contribution in [3.8, 4) is 0 Å². The molecule has 0 spiro atoms. The van der Waals surface area contributed by atoms with E-state index >= 15 is 0 Å². The van der Waals surface area contributed by atoms with Gasteiger partial charge in [0.15, 0.2) is 0 Å². The minimum absolute atomic E-state index is 0.215. The number of nitrogens with zero attached hydrogens (tertiary/aromatic N) is 1. The average Bonchev–Trinajstić information content (AvgIpc) is 2.70. The Morgan fingerprint density at radius 3 is 2.55 bits per heavy atom. The number of carbonyl (C=O) groups excluding carboxylic acids is 1. The Kier molecular flexibility index (Phi) is 4.53. The van der Waals surface area contributed by atoms with Crippen LogP contribution >= 0.6 is 11.8 Å². The molecule has 20 heavy (non-hydrogen) atoms. The first-order valence-electron chi connectivity index (χ1n) is 6.88. The lowest BCUT2D eigenvalue weighted by atomic mass is 10.1. The van der Waals surface area contributed by atoms with E-state index in [0.29, 0.717) is 5.92 Å². The lowest BCUT2D eigenvalue weighted by molar-refractivity contribution is -0.156. The highest BCUT2D eigenvalue weighted by Crippen LogP contribution is 2.32. The number of aliphatic imine (C=N–C) groups is 1. The summed E-state index contributed by atoms with van der Waals surface area (Å²) in [6, 6.07) is 9.77. The summed E-state index contributed by atoms with van der Waals surface area (Å²) >= 11 is 1.64. The number of thioether (sulfide) groups is 1. The fourth-order valence-corrected chi connectivity index (χ4v) is 3.04. The molecule has 0 saturated carbocycles. The molecule has 108 valence electrons. The Hall–Kier alpha value is -1.29. The third-order valence-electron chi connectivity index (χ3n) is 2.93. The van der Waals surface area contributed by atoms with E-state index < -0.39 is 5.60 Å². The second-order valence-electron chi connectivity index (χ2n) is 6.07. The molecule has 0 fully saturated rings. The summed E-state index contributed by atoms with van der Waals surface area (Å²) in [6.07, 6.45) is 0.740. The highest BCUT2D eigenvalue weighted by atomic mass is 32.2. The molecule has 1 heterocycles. The maximum atomic E-state index is 12.1. The SMILES string of the molecule is C[C@@H]1C[C@H](C(=O)OC(C)(C)C)N=C1Sc1ccccc1. The molecule has 0 N–H and O–H groups in total. The normalized spacial score (nSPS) is 22.5. The van der Waals surface area contributed by atoms with Gasteiger partial charge in [-0.25, -0.2) is 4.79 Å². The zero-order valence-corrected chi connectivity index (χ0v) is 13.2. The Bertz CT molecular complexity index is 505. The van der Waals surface area contributed by atoms with Gasteiger partial charge in [0.2, 0.25) is 0 Å². The van der Waals surface area contributed by atoms with Crippen LogP contribution in [0, 0.1) is 5.92 Å². The van der Waals surface area contributed by atoms with E-state index in [1.165, 1.54) is 0 Å². The molecule has 0 aliphatic carbocycles. The van der Waals surface area contributed by atoms with Crippen LogP contribution in [-0.4, -0.2) is 22.7 Å². The van der Waals surface area contributed by atoms with Gasteiger partial charge in [0.05, 0.1) is 5.04 Å². The first-order chi connectivity index (χ1) is 9.35. The number of hydrogen-bond acceptors (Lipinski definition) is 4. The van der Waals surface area contributed by atoms with E-state index in [1.807, 2.05) is 39.0 Å². The van der Waals surface area contributed by atoms with Crippen molar-refractivity contribution >= 4 is 22.8 Å². The summed E-state index contributed by atoms with van der Waals surface area (Å²) in [5, 5.41) is 1.02. The van der Waals surface area contributed by atoms with Crippen molar-refractivity contribution in [1.82, 2.24) is 0 Å². The van der Waals surface area contributed by atoms with Gasteiger partial charge >= 0.3 is 5.97 Å². The summed E-state index contributed by atoms with van der Waals surface area (Å²) in [5.41, 5.74) is -0.453. The van der Waals surface area contributed by atoms with Crippen LogP contribution < -0.4 is 0 Å². The van der Waals surface area contributed by atoms with Gasteiger partial charge in [-0.05, 0) is 39.3 Å². The molecule has 1 aromatic carbocycles. The Labute approximate surface area is 124 Å². The smallest absolute Gasteiger partial charge is 0.331 e. The first-order valence-corrected chi connectivity index (χ1v) is 7.70. The first kappa shape index (κ1) is 15.1. The second-order valence-corrected chi connectivity index (χ2v) is 7.16. The zero-order chi connectivity index (χ0) is 14.8. The molecule has 0 amide bonds. The zero-order valence-electron chi connectivity index (χ0n) is 12.4. The topological polar surface area (TPSA) is 38.7 Å². The van der Waals surface area contributed by atoms with Crippen LogP contribution in [0.2, 0.25) is 0 Å². The predicted molar refractivity (Wildman–Crippen MR) is 83.1 cm³/mol. The third kappa shape index (κ3) is 4.10. The number of rotatable bonds is 2. The largest absolute Gasteiger partial charge is 0.458 e. The van der Waals surface area contributed by atoms with Crippen LogP contribution in [0.3, 0.4) is 0 Å². The molecule has 2 rings (SSSR count). The summed E-state index contributed by atoms with van der Waals surface area (Å²) in [6.45, 7) is 7.75. The third-order valence-corrected chi connectivity index (χ3v) is 4.15. The van der Waals surface area contributed by atoms with Crippen LogP contribution in [0.4, 0.5) is 0 Å². The van der Waals surface area contributed by atoms with Gasteiger partial charge in [0, 0.05) is 10.8 Å². The molecule has 4 heteroatoms. The molecule has 3 nitrogen and oxygen atoms in total. The molecule has 0 aromatic heterocycles. The van der Waals surface area contributed by atoms with Crippen molar-refractivity contribution in [1.29, 1.82) is 0 Å². The van der Waals surface area contributed by atoms with Gasteiger partial charge in [0.25, 0.3) is 0 Å². The van der Waals surface area contributed by atoms with Gasteiger partial charge in [-0.15, -0.1) is 0 Å². The van der Waals surface area contributed by atoms with Gasteiger partial charge in [-0.1, -0.05) is 36.9 Å². The summed E-state index contributed by atoms with van der Waals surface area (Å²) in [4.78, 5) is 17.8. The predicted octanol–water partition coefficient (Wildman–Crippen LogP) is 3.93. The minimum Gasteiger partial charge on any atom is -0.458 e. The van der Waals surface area contributed by atoms with Gasteiger partial charge < -0.3 is 4.74 Å². The molecule has 0 radical (unpaired) electrons. The number of carbonyl (C=O) groups is 1. The maximum Gasteiger partial charge on any atom is 0.331 e. The van der Waals surface area contributed by atoms with Crippen LogP contribution in [-0.2, 0) is 9.53 Å². The Morgan fingerprint density at radius 1 is 1.30 bits per heavy atom. The highest BCUT2D eigenvalue weighted by molar-refractivity contribution is 8.14. The van der Waals surface area contributed by atoms with Crippen LogP contribution in [0.15, 0.2) is 40.2 Å². The second kappa shape index (κ2) is 6.00. The molecular formula is C16H21NO2S. The van der Waals surface area contributed by atoms with Gasteiger partial charge in [-0.2, -0.15) is 0 Å². The van der Waals surface area contributed by atoms with Crippen molar-refractivity contribution in [2.75, 3.05) is 0 Å². The number of benzene rings is 1. The standard InChI is InChI=1S/C16H21NO2S/c1-11-10-13(15(18)19-16(2,3)4)17-14(11)20-12-8-6-5-7-9-12/h5-9,11,13H,10H2,1-4H3/t11-,13-/m1/s1. The van der Waals surface area contributed by atoms with E-state index in [4.69, 9.17) is 4.74 Å². The molecular weight excluding hydrogens is 270 g/mol. The molecule has 2 atom stereocenters. The molecule has 1 aromatic rings. The lowest BCUT2D eigenvalue weighted by Crippen LogP contribution is -2.30. The van der Waals surface area contributed by atoms with Crippen LogP contribution in [0.25, 0.3) is 0 Å². The fourth-order valence-electron chi connectivity index (χ4n) is 2.02. The fraction of sp³-hybridized carbons (Fsp3) is 0.500.